The molecule has 4 rings (SSSR count). The van der Waals surface area contributed by atoms with E-state index < -0.39 is 35.7 Å². The zero-order valence-electron chi connectivity index (χ0n) is 13.2. The molecule has 1 aliphatic carbocycles. The minimum atomic E-state index is -5.07. The summed E-state index contributed by atoms with van der Waals surface area (Å²) in [5, 5.41) is 2.83. The van der Waals surface area contributed by atoms with E-state index in [9.17, 15) is 31.1 Å². The van der Waals surface area contributed by atoms with Crippen LogP contribution >= 0.6 is 0 Å². The molecule has 1 aromatic heterocycles. The topological polar surface area (TPSA) is 60.5 Å². The minimum absolute atomic E-state index is 0.0276. The first kappa shape index (κ1) is 18.7. The zero-order chi connectivity index (χ0) is 19.2. The molecule has 2 bridgehead atoms. The van der Waals surface area contributed by atoms with E-state index >= 15 is 0 Å². The molecule has 2 saturated heterocycles. The largest absolute Gasteiger partial charge is 0.490 e. The van der Waals surface area contributed by atoms with Crippen LogP contribution in [-0.4, -0.2) is 35.5 Å². The molecule has 1 N–H and O–H groups in total. The van der Waals surface area contributed by atoms with E-state index in [4.69, 9.17) is 4.74 Å². The Kier molecular flexibility index (Phi) is 4.53. The van der Waals surface area contributed by atoms with Crippen LogP contribution in [0.2, 0.25) is 0 Å². The number of rotatable bonds is 4. The molecule has 11 heteroatoms. The molecule has 0 radical (unpaired) electrons. The first-order valence-electron chi connectivity index (χ1n) is 7.71. The second-order valence-corrected chi connectivity index (χ2v) is 6.43. The summed E-state index contributed by atoms with van der Waals surface area (Å²) >= 11 is 0. The third kappa shape index (κ3) is 4.02. The number of ether oxygens (including phenoxy) is 2. The van der Waals surface area contributed by atoms with Crippen LogP contribution in [0.1, 0.15) is 24.8 Å². The van der Waals surface area contributed by atoms with Gasteiger partial charge in [0.2, 0.25) is 5.88 Å². The highest BCUT2D eigenvalue weighted by Crippen LogP contribution is 2.46. The van der Waals surface area contributed by atoms with Gasteiger partial charge in [0.05, 0.1) is 5.56 Å². The lowest BCUT2D eigenvalue weighted by molar-refractivity contribution is -0.240. The minimum Gasteiger partial charge on any atom is -0.476 e. The summed E-state index contributed by atoms with van der Waals surface area (Å²) in [6.07, 6.45) is -7.80. The number of fused-ring (bicyclic) bond motifs is 2. The molecular formula is C15H14F6N2O3. The number of halogens is 6. The van der Waals surface area contributed by atoms with Crippen molar-refractivity contribution in [3.63, 3.8) is 0 Å². The first-order chi connectivity index (χ1) is 12.0. The molecule has 2 aliphatic heterocycles. The summed E-state index contributed by atoms with van der Waals surface area (Å²) in [6.45, 7) is -0.0276. The number of carbonyl (C=O) groups is 1. The van der Waals surface area contributed by atoms with Crippen LogP contribution in [0.3, 0.4) is 0 Å². The van der Waals surface area contributed by atoms with E-state index in [1.165, 1.54) is 0 Å². The summed E-state index contributed by atoms with van der Waals surface area (Å²) in [5.74, 6) is -2.21. The summed E-state index contributed by atoms with van der Waals surface area (Å²) in [4.78, 5) is 14.6. The van der Waals surface area contributed by atoms with Gasteiger partial charge in [0.1, 0.15) is 6.61 Å². The molecule has 1 saturated carbocycles. The third-order valence-electron chi connectivity index (χ3n) is 4.34. The number of alkyl halides is 6. The van der Waals surface area contributed by atoms with Gasteiger partial charge in [-0.15, -0.1) is 0 Å². The highest BCUT2D eigenvalue weighted by atomic mass is 19.4. The van der Waals surface area contributed by atoms with Gasteiger partial charge < -0.3 is 9.47 Å². The maximum absolute atomic E-state index is 12.5. The Bertz CT molecular complexity index is 667. The number of pyridine rings is 1. The molecule has 1 atom stereocenters. The zero-order valence-corrected chi connectivity index (χ0v) is 13.2. The first-order valence-corrected chi connectivity index (χ1v) is 7.71. The van der Waals surface area contributed by atoms with E-state index in [-0.39, 0.29) is 31.2 Å². The number of hydrogen-bond acceptors (Lipinski definition) is 5. The lowest BCUT2D eigenvalue weighted by Crippen LogP contribution is -2.68. The predicted molar refractivity (Wildman–Crippen MR) is 73.9 cm³/mol. The molecule has 144 valence electrons. The van der Waals surface area contributed by atoms with Crippen LogP contribution in [0.15, 0.2) is 18.3 Å². The second kappa shape index (κ2) is 6.29. The van der Waals surface area contributed by atoms with Crippen molar-refractivity contribution in [1.29, 1.82) is 0 Å². The number of piperidine rings is 2. The summed E-state index contributed by atoms with van der Waals surface area (Å²) in [5.41, 5.74) is -2.28. The van der Waals surface area contributed by atoms with Crippen molar-refractivity contribution in [3.05, 3.63) is 23.9 Å². The van der Waals surface area contributed by atoms with Crippen LogP contribution < -0.4 is 10.1 Å². The normalized spacial score (nSPS) is 28.2. The summed E-state index contributed by atoms with van der Waals surface area (Å²) in [6, 6.07) is 1.47. The Balaban J connectivity index is 1.54. The van der Waals surface area contributed by atoms with Gasteiger partial charge in [0.25, 0.3) is 0 Å². The Morgan fingerprint density at radius 1 is 1.23 bits per heavy atom. The smallest absolute Gasteiger partial charge is 0.476 e. The van der Waals surface area contributed by atoms with E-state index in [0.29, 0.717) is 12.6 Å². The molecule has 3 fully saturated rings. The fraction of sp³-hybridized carbons (Fsp3) is 0.600. The van der Waals surface area contributed by atoms with E-state index in [1.54, 1.807) is 0 Å². The van der Waals surface area contributed by atoms with Gasteiger partial charge in [-0.2, -0.15) is 26.3 Å². The molecule has 26 heavy (non-hydrogen) atoms. The molecule has 0 amide bonds. The Hall–Kier alpha value is -2.04. The number of carbonyl (C=O) groups excluding carboxylic acids is 1. The molecular weight excluding hydrogens is 370 g/mol. The Morgan fingerprint density at radius 3 is 2.46 bits per heavy atom. The van der Waals surface area contributed by atoms with Crippen LogP contribution in [0.5, 0.6) is 5.88 Å². The van der Waals surface area contributed by atoms with Crippen molar-refractivity contribution in [2.45, 2.75) is 43.4 Å². The van der Waals surface area contributed by atoms with Crippen molar-refractivity contribution in [2.24, 2.45) is 5.92 Å². The van der Waals surface area contributed by atoms with Gasteiger partial charge in [0, 0.05) is 31.1 Å². The number of nitrogens with zero attached hydrogens (tertiary/aromatic N) is 1. The van der Waals surface area contributed by atoms with Gasteiger partial charge in [0.15, 0.2) is 5.72 Å². The highest BCUT2D eigenvalue weighted by molar-refractivity contribution is 5.76. The molecule has 3 heterocycles. The lowest BCUT2D eigenvalue weighted by atomic mass is 9.69. The molecule has 1 unspecified atom stereocenters. The SMILES string of the molecule is O=C(OC12CC(CC(COc3ccc(C(F)(F)F)cn3)N1)C2)C(F)(F)F. The van der Waals surface area contributed by atoms with Gasteiger partial charge in [-0.25, -0.2) is 9.78 Å². The van der Waals surface area contributed by atoms with Crippen molar-refractivity contribution in [3.8, 4) is 5.88 Å². The molecule has 1 aromatic rings. The van der Waals surface area contributed by atoms with Gasteiger partial charge in [-0.1, -0.05) is 0 Å². The van der Waals surface area contributed by atoms with Crippen molar-refractivity contribution in [1.82, 2.24) is 10.3 Å². The van der Waals surface area contributed by atoms with Gasteiger partial charge in [-0.3, -0.25) is 5.32 Å². The number of nitrogens with one attached hydrogen (secondary N) is 1. The van der Waals surface area contributed by atoms with Crippen LogP contribution in [0.25, 0.3) is 0 Å². The Labute approximate surface area is 143 Å². The predicted octanol–water partition coefficient (Wildman–Crippen LogP) is 3.05. The van der Waals surface area contributed by atoms with Crippen LogP contribution in [0.4, 0.5) is 26.3 Å². The van der Waals surface area contributed by atoms with E-state index in [1.807, 2.05) is 0 Å². The molecule has 0 spiro atoms. The average molecular weight is 384 g/mol. The van der Waals surface area contributed by atoms with Gasteiger partial charge >= 0.3 is 18.3 Å². The average Bonchev–Trinajstić information content (AvgIpc) is 2.51. The van der Waals surface area contributed by atoms with Crippen LogP contribution in [-0.2, 0) is 15.7 Å². The quantitative estimate of drug-likeness (QED) is 0.639. The number of esters is 1. The number of hydrogen-bond donors (Lipinski definition) is 1. The molecule has 5 nitrogen and oxygen atoms in total. The number of aromatic nitrogens is 1. The highest BCUT2D eigenvalue weighted by Gasteiger charge is 2.56. The van der Waals surface area contributed by atoms with Crippen molar-refractivity contribution < 1.29 is 40.6 Å². The van der Waals surface area contributed by atoms with E-state index in [2.05, 4.69) is 15.0 Å². The third-order valence-corrected chi connectivity index (χ3v) is 4.34. The van der Waals surface area contributed by atoms with Crippen molar-refractivity contribution >= 4 is 5.97 Å². The summed E-state index contributed by atoms with van der Waals surface area (Å²) in [7, 11) is 0. The Morgan fingerprint density at radius 2 is 1.92 bits per heavy atom. The molecule has 0 aromatic carbocycles. The maximum Gasteiger partial charge on any atom is 0.490 e. The monoisotopic (exact) mass is 384 g/mol. The maximum atomic E-state index is 12.5. The molecule has 3 aliphatic rings. The second-order valence-electron chi connectivity index (χ2n) is 6.43. The van der Waals surface area contributed by atoms with Gasteiger partial charge in [-0.05, 0) is 18.4 Å². The fourth-order valence-corrected chi connectivity index (χ4v) is 3.27. The lowest BCUT2D eigenvalue weighted by Gasteiger charge is -2.54. The van der Waals surface area contributed by atoms with E-state index in [0.717, 1.165) is 12.1 Å². The van der Waals surface area contributed by atoms with Crippen LogP contribution in [0, 0.1) is 5.92 Å². The summed E-state index contributed by atoms with van der Waals surface area (Å²) < 4.78 is 84.3. The fourth-order valence-electron chi connectivity index (χ4n) is 3.27. The van der Waals surface area contributed by atoms with Crippen molar-refractivity contribution in [2.75, 3.05) is 6.61 Å². The standard InChI is InChI=1S/C15H14F6N2O3/c16-14(17,18)9-1-2-11(22-6-9)25-7-10-3-8-4-13(5-8,23-10)26-12(24)15(19,20)21/h1-2,6,8,10,23H,3-5,7H2.